The predicted molar refractivity (Wildman–Crippen MR) is 50.1 cm³/mol. The molecular weight excluding hydrogens is 206 g/mol. The zero-order chi connectivity index (χ0) is 9.97. The molecule has 0 saturated heterocycles. The van der Waals surface area contributed by atoms with Gasteiger partial charge in [-0.3, -0.25) is 0 Å². The minimum atomic E-state index is 0.364. The van der Waals surface area contributed by atoms with Crippen molar-refractivity contribution in [2.75, 3.05) is 5.32 Å². The second kappa shape index (κ2) is 3.71. The molecular formula is C8H8ClN3O2. The Labute approximate surface area is 85.1 Å². The number of nitrogens with one attached hydrogen (secondary N) is 1. The third kappa shape index (κ3) is 2.05. The molecule has 0 amide bonds. The summed E-state index contributed by atoms with van der Waals surface area (Å²) in [5, 5.41) is 10.7. The molecule has 6 heteroatoms. The highest BCUT2D eigenvalue weighted by atomic mass is 35.5. The monoisotopic (exact) mass is 213 g/mol. The molecule has 0 aliphatic rings. The first-order chi connectivity index (χ1) is 6.74. The molecule has 2 aromatic rings. The third-order valence-electron chi connectivity index (χ3n) is 1.57. The van der Waals surface area contributed by atoms with Gasteiger partial charge in [-0.1, -0.05) is 5.10 Å². The van der Waals surface area contributed by atoms with Crippen LogP contribution in [-0.4, -0.2) is 10.2 Å². The van der Waals surface area contributed by atoms with Crippen molar-refractivity contribution in [1.29, 1.82) is 0 Å². The van der Waals surface area contributed by atoms with Gasteiger partial charge in [-0.05, 0) is 23.7 Å². The van der Waals surface area contributed by atoms with Crippen LogP contribution in [-0.2, 0) is 6.54 Å². The summed E-state index contributed by atoms with van der Waals surface area (Å²) in [6.07, 6.45) is 0. The summed E-state index contributed by atoms with van der Waals surface area (Å²) in [4.78, 5) is 0. The van der Waals surface area contributed by atoms with Gasteiger partial charge in [0.2, 0.25) is 5.89 Å². The van der Waals surface area contributed by atoms with Crippen LogP contribution in [0.4, 0.5) is 6.01 Å². The summed E-state index contributed by atoms with van der Waals surface area (Å²) < 4.78 is 10.2. The number of anilines is 1. The molecule has 74 valence electrons. The summed E-state index contributed by atoms with van der Waals surface area (Å²) in [5.41, 5.74) is 0. The minimum absolute atomic E-state index is 0.364. The van der Waals surface area contributed by atoms with Gasteiger partial charge in [0, 0.05) is 6.92 Å². The lowest BCUT2D eigenvalue weighted by Gasteiger charge is -1.95. The van der Waals surface area contributed by atoms with Gasteiger partial charge in [-0.25, -0.2) is 0 Å². The van der Waals surface area contributed by atoms with Gasteiger partial charge in [0.05, 0.1) is 6.54 Å². The lowest BCUT2D eigenvalue weighted by atomic mass is 10.4. The van der Waals surface area contributed by atoms with E-state index in [0.29, 0.717) is 29.4 Å². The van der Waals surface area contributed by atoms with Crippen molar-refractivity contribution < 1.29 is 8.83 Å². The van der Waals surface area contributed by atoms with E-state index >= 15 is 0 Å². The highest BCUT2D eigenvalue weighted by molar-refractivity contribution is 6.28. The first-order valence-corrected chi connectivity index (χ1v) is 4.40. The van der Waals surface area contributed by atoms with Crippen LogP contribution in [0.3, 0.4) is 0 Å². The molecule has 0 spiro atoms. The molecule has 2 aromatic heterocycles. The molecule has 0 saturated carbocycles. The van der Waals surface area contributed by atoms with Gasteiger partial charge in [0.15, 0.2) is 5.22 Å². The number of hydrogen-bond donors (Lipinski definition) is 1. The summed E-state index contributed by atoms with van der Waals surface area (Å²) >= 11 is 5.60. The fourth-order valence-electron chi connectivity index (χ4n) is 0.977. The quantitative estimate of drug-likeness (QED) is 0.847. The molecule has 1 N–H and O–H groups in total. The SMILES string of the molecule is Cc1nnc(NCc2ccc(Cl)o2)o1. The maximum absolute atomic E-state index is 5.60. The van der Waals surface area contributed by atoms with E-state index in [-0.39, 0.29) is 0 Å². The van der Waals surface area contributed by atoms with Crippen LogP contribution in [0.25, 0.3) is 0 Å². The molecule has 0 radical (unpaired) electrons. The Bertz CT molecular complexity index is 383. The molecule has 0 bridgehead atoms. The Morgan fingerprint density at radius 2 is 2.21 bits per heavy atom. The normalized spacial score (nSPS) is 10.4. The number of hydrogen-bond acceptors (Lipinski definition) is 5. The van der Waals surface area contributed by atoms with Crippen LogP contribution in [0, 0.1) is 6.92 Å². The summed E-state index contributed by atoms with van der Waals surface area (Å²) in [6, 6.07) is 3.82. The van der Waals surface area contributed by atoms with Crippen molar-refractivity contribution in [3.8, 4) is 0 Å². The molecule has 0 fully saturated rings. The van der Waals surface area contributed by atoms with Gasteiger partial charge in [0.25, 0.3) is 0 Å². The van der Waals surface area contributed by atoms with Gasteiger partial charge in [-0.2, -0.15) is 0 Å². The smallest absolute Gasteiger partial charge is 0.315 e. The Balaban J connectivity index is 1.94. The zero-order valence-corrected chi connectivity index (χ0v) is 8.21. The maximum atomic E-state index is 5.60. The number of halogens is 1. The van der Waals surface area contributed by atoms with Gasteiger partial charge >= 0.3 is 6.01 Å². The molecule has 0 aliphatic carbocycles. The van der Waals surface area contributed by atoms with Gasteiger partial charge < -0.3 is 14.2 Å². The van der Waals surface area contributed by atoms with Crippen LogP contribution in [0.15, 0.2) is 21.0 Å². The standard InChI is InChI=1S/C8H8ClN3O2/c1-5-11-12-8(13-5)10-4-6-2-3-7(9)14-6/h2-3H,4H2,1H3,(H,10,12). The van der Waals surface area contributed by atoms with Crippen molar-refractivity contribution in [1.82, 2.24) is 10.2 Å². The highest BCUT2D eigenvalue weighted by Crippen LogP contribution is 2.14. The second-order valence-corrected chi connectivity index (χ2v) is 3.06. The Kier molecular flexibility index (Phi) is 2.41. The van der Waals surface area contributed by atoms with Gasteiger partial charge in [-0.15, -0.1) is 5.10 Å². The van der Waals surface area contributed by atoms with E-state index in [1.54, 1.807) is 19.1 Å². The lowest BCUT2D eigenvalue weighted by molar-refractivity contribution is 0.504. The number of furan rings is 1. The minimum Gasteiger partial charge on any atom is -0.448 e. The lowest BCUT2D eigenvalue weighted by Crippen LogP contribution is -1.97. The predicted octanol–water partition coefficient (Wildman–Crippen LogP) is 2.24. The maximum Gasteiger partial charge on any atom is 0.315 e. The third-order valence-corrected chi connectivity index (χ3v) is 1.77. The molecule has 0 unspecified atom stereocenters. The number of nitrogens with zero attached hydrogens (tertiary/aromatic N) is 2. The first kappa shape index (κ1) is 9.08. The Morgan fingerprint density at radius 1 is 1.36 bits per heavy atom. The van der Waals surface area contributed by atoms with Crippen molar-refractivity contribution in [2.24, 2.45) is 0 Å². The fourth-order valence-corrected chi connectivity index (χ4v) is 1.14. The molecule has 14 heavy (non-hydrogen) atoms. The molecule has 0 aliphatic heterocycles. The van der Waals surface area contributed by atoms with E-state index in [0.717, 1.165) is 0 Å². The van der Waals surface area contributed by atoms with E-state index in [1.807, 2.05) is 0 Å². The van der Waals surface area contributed by atoms with Crippen LogP contribution >= 0.6 is 11.6 Å². The number of rotatable bonds is 3. The molecule has 0 aromatic carbocycles. The Hall–Kier alpha value is -1.49. The van der Waals surface area contributed by atoms with Crippen LogP contribution in [0.1, 0.15) is 11.7 Å². The van der Waals surface area contributed by atoms with Crippen molar-refractivity contribution in [2.45, 2.75) is 13.5 Å². The first-order valence-electron chi connectivity index (χ1n) is 4.02. The summed E-state index contributed by atoms with van der Waals surface area (Å²) in [6.45, 7) is 2.19. The molecule has 2 heterocycles. The van der Waals surface area contributed by atoms with Crippen LogP contribution < -0.4 is 5.32 Å². The number of aryl methyl sites for hydroxylation is 1. The molecule has 0 atom stereocenters. The van der Waals surface area contributed by atoms with E-state index < -0.39 is 0 Å². The van der Waals surface area contributed by atoms with Crippen LogP contribution in [0.5, 0.6) is 0 Å². The molecule has 5 nitrogen and oxygen atoms in total. The van der Waals surface area contributed by atoms with Gasteiger partial charge in [0.1, 0.15) is 5.76 Å². The Morgan fingerprint density at radius 3 is 2.79 bits per heavy atom. The second-order valence-electron chi connectivity index (χ2n) is 2.69. The van der Waals surface area contributed by atoms with E-state index in [9.17, 15) is 0 Å². The average Bonchev–Trinajstić information content (AvgIpc) is 2.72. The van der Waals surface area contributed by atoms with Crippen molar-refractivity contribution in [3.63, 3.8) is 0 Å². The highest BCUT2D eigenvalue weighted by Gasteiger charge is 2.03. The average molecular weight is 214 g/mol. The van der Waals surface area contributed by atoms with Crippen molar-refractivity contribution >= 4 is 17.6 Å². The van der Waals surface area contributed by atoms with E-state index in [4.69, 9.17) is 20.4 Å². The molecule has 2 rings (SSSR count). The van der Waals surface area contributed by atoms with Crippen molar-refractivity contribution in [3.05, 3.63) is 29.0 Å². The van der Waals surface area contributed by atoms with E-state index in [1.165, 1.54) is 0 Å². The summed E-state index contributed by atoms with van der Waals surface area (Å²) in [5.74, 6) is 1.23. The largest absolute Gasteiger partial charge is 0.448 e. The fraction of sp³-hybridized carbons (Fsp3) is 0.250. The number of aromatic nitrogens is 2. The van der Waals surface area contributed by atoms with E-state index in [2.05, 4.69) is 15.5 Å². The zero-order valence-electron chi connectivity index (χ0n) is 7.45. The van der Waals surface area contributed by atoms with Crippen LogP contribution in [0.2, 0.25) is 5.22 Å². The summed E-state index contributed by atoms with van der Waals surface area (Å²) in [7, 11) is 0. The topological polar surface area (TPSA) is 64.1 Å².